The van der Waals surface area contributed by atoms with Crippen LogP contribution in [0.1, 0.15) is 5.56 Å². The van der Waals surface area contributed by atoms with Gasteiger partial charge in [-0.25, -0.2) is 4.31 Å². The van der Waals surface area contributed by atoms with Crippen LogP contribution in [0.2, 0.25) is 0 Å². The summed E-state index contributed by atoms with van der Waals surface area (Å²) >= 11 is 0. The van der Waals surface area contributed by atoms with Gasteiger partial charge in [-0.05, 0) is 17.7 Å². The van der Waals surface area contributed by atoms with Gasteiger partial charge in [0.2, 0.25) is 0 Å². The third-order valence-corrected chi connectivity index (χ3v) is 5.45. The average Bonchev–Trinajstić information content (AvgIpc) is 2.62. The molecule has 0 atom stereocenters. The highest BCUT2D eigenvalue weighted by Gasteiger charge is 2.31. The molecule has 0 spiro atoms. The predicted octanol–water partition coefficient (Wildman–Crippen LogP) is 2.28. The summed E-state index contributed by atoms with van der Waals surface area (Å²) in [5.74, 6) is 0. The van der Waals surface area contributed by atoms with Gasteiger partial charge in [0.05, 0.1) is 25.4 Å². The number of nitrogens with zero attached hydrogens (tertiary/aromatic N) is 2. The van der Waals surface area contributed by atoms with Crippen LogP contribution in [-0.2, 0) is 14.9 Å². The minimum Gasteiger partial charge on any atom is -0.379 e. The molecular formula is C17H19N2O3S. The normalized spacial score (nSPS) is 16.2. The molecule has 121 valence electrons. The summed E-state index contributed by atoms with van der Waals surface area (Å²) in [5, 5.41) is 0. The summed E-state index contributed by atoms with van der Waals surface area (Å²) in [6.07, 6.45) is 0. The number of anilines is 1. The Hall–Kier alpha value is -1.89. The van der Waals surface area contributed by atoms with Crippen LogP contribution in [-0.4, -0.2) is 39.0 Å². The number of hydrogen-bond donors (Lipinski definition) is 0. The Balaban J connectivity index is 1.94. The molecule has 5 nitrogen and oxygen atoms in total. The van der Waals surface area contributed by atoms with Crippen molar-refractivity contribution in [2.45, 2.75) is 0 Å². The topological polar surface area (TPSA) is 49.9 Å². The summed E-state index contributed by atoms with van der Waals surface area (Å²) in [5.41, 5.74) is 1.44. The maximum Gasteiger partial charge on any atom is 0.304 e. The lowest BCUT2D eigenvalue weighted by Crippen LogP contribution is -2.48. The molecule has 0 N–H and O–H groups in total. The van der Waals surface area contributed by atoms with E-state index in [1.54, 1.807) is 18.7 Å². The van der Waals surface area contributed by atoms with Crippen molar-refractivity contribution < 1.29 is 13.2 Å². The maximum absolute atomic E-state index is 13.1. The SMILES string of the molecule is O=S(=O)(N1CCOCC1)N([CH]c1ccccc1)c1ccccc1. The van der Waals surface area contributed by atoms with Gasteiger partial charge in [0.15, 0.2) is 0 Å². The number of para-hydroxylation sites is 1. The fourth-order valence-corrected chi connectivity index (χ4v) is 3.93. The Bertz CT molecular complexity index is 714. The third-order valence-electron chi connectivity index (χ3n) is 3.62. The molecule has 23 heavy (non-hydrogen) atoms. The van der Waals surface area contributed by atoms with Crippen LogP contribution in [0, 0.1) is 6.54 Å². The highest BCUT2D eigenvalue weighted by molar-refractivity contribution is 7.90. The van der Waals surface area contributed by atoms with Gasteiger partial charge >= 0.3 is 10.2 Å². The third kappa shape index (κ3) is 3.72. The molecule has 1 heterocycles. The molecule has 0 unspecified atom stereocenters. The first-order valence-corrected chi connectivity index (χ1v) is 8.90. The largest absolute Gasteiger partial charge is 0.379 e. The van der Waals surface area contributed by atoms with Gasteiger partial charge in [0, 0.05) is 13.1 Å². The maximum atomic E-state index is 13.1. The van der Waals surface area contributed by atoms with Gasteiger partial charge in [-0.3, -0.25) is 0 Å². The van der Waals surface area contributed by atoms with Gasteiger partial charge in [0.25, 0.3) is 0 Å². The second kappa shape index (κ2) is 7.12. The number of rotatable bonds is 5. The molecule has 0 bridgehead atoms. The van der Waals surface area contributed by atoms with Crippen molar-refractivity contribution in [2.24, 2.45) is 0 Å². The van der Waals surface area contributed by atoms with E-state index in [1.165, 1.54) is 8.61 Å². The quantitative estimate of drug-likeness (QED) is 0.844. The molecular weight excluding hydrogens is 312 g/mol. The van der Waals surface area contributed by atoms with Crippen LogP contribution in [0.15, 0.2) is 60.7 Å². The highest BCUT2D eigenvalue weighted by atomic mass is 32.2. The zero-order chi connectivity index (χ0) is 16.1. The standard InChI is InChI=1S/C17H19N2O3S/c20-23(21,18-11-13-22-14-12-18)19(17-9-5-2-6-10-17)15-16-7-3-1-4-8-16/h1-10,15H,11-14H2. The predicted molar refractivity (Wildman–Crippen MR) is 90.1 cm³/mol. The molecule has 0 amide bonds. The van der Waals surface area contributed by atoms with Crippen LogP contribution >= 0.6 is 0 Å². The summed E-state index contributed by atoms with van der Waals surface area (Å²) < 4.78 is 34.2. The van der Waals surface area contributed by atoms with E-state index in [2.05, 4.69) is 0 Å². The van der Waals surface area contributed by atoms with Gasteiger partial charge < -0.3 is 4.74 Å². The molecule has 3 rings (SSSR count). The van der Waals surface area contributed by atoms with Crippen molar-refractivity contribution in [3.05, 3.63) is 72.8 Å². The smallest absolute Gasteiger partial charge is 0.304 e. The molecule has 1 aliphatic rings. The fraction of sp³-hybridized carbons (Fsp3) is 0.235. The molecule has 0 aromatic heterocycles. The van der Waals surface area contributed by atoms with E-state index in [4.69, 9.17) is 4.74 Å². The Morgan fingerprint density at radius 2 is 1.48 bits per heavy atom. The minimum atomic E-state index is -3.64. The minimum absolute atomic E-state index is 0.369. The Labute approximate surface area is 137 Å². The number of ether oxygens (including phenoxy) is 1. The molecule has 0 saturated carbocycles. The summed E-state index contributed by atoms with van der Waals surface area (Å²) in [6, 6.07) is 18.5. The average molecular weight is 331 g/mol. The number of hydrogen-bond acceptors (Lipinski definition) is 3. The highest BCUT2D eigenvalue weighted by Crippen LogP contribution is 2.24. The monoisotopic (exact) mass is 331 g/mol. The van der Waals surface area contributed by atoms with E-state index in [0.717, 1.165) is 5.56 Å². The summed E-state index contributed by atoms with van der Waals surface area (Å²) in [7, 11) is -3.64. The van der Waals surface area contributed by atoms with Crippen LogP contribution in [0.25, 0.3) is 0 Å². The number of benzene rings is 2. The molecule has 1 fully saturated rings. The van der Waals surface area contributed by atoms with Crippen molar-refractivity contribution in [3.63, 3.8) is 0 Å². The lowest BCUT2D eigenvalue weighted by molar-refractivity contribution is 0.0730. The van der Waals surface area contributed by atoms with Crippen molar-refractivity contribution in [3.8, 4) is 0 Å². The van der Waals surface area contributed by atoms with E-state index in [1.807, 2.05) is 48.5 Å². The van der Waals surface area contributed by atoms with E-state index in [0.29, 0.717) is 32.0 Å². The first kappa shape index (κ1) is 16.0. The summed E-state index contributed by atoms with van der Waals surface area (Å²) in [6.45, 7) is 3.24. The van der Waals surface area contributed by atoms with Gasteiger partial charge in [-0.2, -0.15) is 12.7 Å². The molecule has 1 radical (unpaired) electrons. The Kier molecular flexibility index (Phi) is 4.95. The van der Waals surface area contributed by atoms with Crippen molar-refractivity contribution >= 4 is 15.9 Å². The van der Waals surface area contributed by atoms with E-state index >= 15 is 0 Å². The van der Waals surface area contributed by atoms with Gasteiger partial charge in [0.1, 0.15) is 0 Å². The summed E-state index contributed by atoms with van der Waals surface area (Å²) in [4.78, 5) is 0. The molecule has 0 aliphatic carbocycles. The van der Waals surface area contributed by atoms with Crippen LogP contribution < -0.4 is 4.31 Å². The first-order valence-electron chi connectivity index (χ1n) is 7.50. The number of morpholine rings is 1. The lowest BCUT2D eigenvalue weighted by atomic mass is 10.2. The molecule has 6 heteroatoms. The van der Waals surface area contributed by atoms with Gasteiger partial charge in [-0.15, -0.1) is 0 Å². The van der Waals surface area contributed by atoms with Crippen molar-refractivity contribution in [2.75, 3.05) is 30.6 Å². The van der Waals surface area contributed by atoms with Crippen LogP contribution in [0.3, 0.4) is 0 Å². The molecule has 2 aromatic rings. The molecule has 1 saturated heterocycles. The zero-order valence-electron chi connectivity index (χ0n) is 12.7. The van der Waals surface area contributed by atoms with Crippen LogP contribution in [0.5, 0.6) is 0 Å². The fourth-order valence-electron chi connectivity index (χ4n) is 2.43. The Morgan fingerprint density at radius 1 is 0.913 bits per heavy atom. The molecule has 2 aromatic carbocycles. The van der Waals surface area contributed by atoms with E-state index < -0.39 is 10.2 Å². The lowest BCUT2D eigenvalue weighted by Gasteiger charge is -2.33. The first-order chi connectivity index (χ1) is 11.2. The van der Waals surface area contributed by atoms with Crippen LogP contribution in [0.4, 0.5) is 5.69 Å². The van der Waals surface area contributed by atoms with E-state index in [9.17, 15) is 8.42 Å². The zero-order valence-corrected chi connectivity index (χ0v) is 13.5. The second-order valence-corrected chi connectivity index (χ2v) is 7.00. The van der Waals surface area contributed by atoms with Gasteiger partial charge in [-0.1, -0.05) is 48.5 Å². The second-order valence-electron chi connectivity index (χ2n) is 5.19. The van der Waals surface area contributed by atoms with Crippen molar-refractivity contribution in [1.29, 1.82) is 0 Å². The molecule has 1 aliphatic heterocycles. The Morgan fingerprint density at radius 3 is 2.09 bits per heavy atom. The van der Waals surface area contributed by atoms with E-state index in [-0.39, 0.29) is 0 Å². The van der Waals surface area contributed by atoms with Crippen molar-refractivity contribution in [1.82, 2.24) is 4.31 Å².